The molecule has 3 aliphatic rings. The maximum atomic E-state index is 12.8. The lowest BCUT2D eigenvalue weighted by Gasteiger charge is -2.29. The van der Waals surface area contributed by atoms with Crippen molar-refractivity contribution in [1.82, 2.24) is 14.9 Å². The number of amides is 1. The van der Waals surface area contributed by atoms with Gasteiger partial charge in [0.25, 0.3) is 0 Å². The molecular formula is C20H22N4O3S. The van der Waals surface area contributed by atoms with Gasteiger partial charge in [0.2, 0.25) is 11.9 Å². The molecule has 0 radical (unpaired) electrons. The maximum absolute atomic E-state index is 12.8. The Morgan fingerprint density at radius 1 is 1.14 bits per heavy atom. The molecule has 146 valence electrons. The molecule has 1 aliphatic carbocycles. The van der Waals surface area contributed by atoms with Gasteiger partial charge in [-0.25, -0.2) is 18.4 Å². The molecule has 8 heteroatoms. The summed E-state index contributed by atoms with van der Waals surface area (Å²) in [6.45, 7) is 0.710. The summed E-state index contributed by atoms with van der Waals surface area (Å²) in [4.78, 5) is 23.4. The van der Waals surface area contributed by atoms with Crippen LogP contribution in [0, 0.1) is 5.92 Å². The minimum atomic E-state index is -3.32. The Balaban J connectivity index is 1.46. The summed E-state index contributed by atoms with van der Waals surface area (Å²) in [6.07, 6.45) is 4.53. The Morgan fingerprint density at radius 2 is 1.93 bits per heavy atom. The van der Waals surface area contributed by atoms with Crippen LogP contribution in [-0.2, 0) is 20.4 Å². The van der Waals surface area contributed by atoms with Crippen LogP contribution < -0.4 is 5.32 Å². The van der Waals surface area contributed by atoms with Gasteiger partial charge in [-0.1, -0.05) is 24.6 Å². The number of rotatable bonds is 3. The molecule has 0 spiro atoms. The zero-order chi connectivity index (χ0) is 19.3. The SMILES string of the molecule is O=C(C1CCC1)N1C[C@@H]2c3nc(Nc4ccccc4)ncc3CS(=O)(=O)[C@@H]2C1. The lowest BCUT2D eigenvalue weighted by molar-refractivity contribution is -0.137. The van der Waals surface area contributed by atoms with E-state index >= 15 is 0 Å². The van der Waals surface area contributed by atoms with Crippen LogP contribution in [0.4, 0.5) is 11.6 Å². The number of benzene rings is 1. The van der Waals surface area contributed by atoms with Gasteiger partial charge >= 0.3 is 0 Å². The second-order valence-corrected chi connectivity index (χ2v) is 10.1. The van der Waals surface area contributed by atoms with E-state index in [1.165, 1.54) is 0 Å². The molecule has 1 saturated carbocycles. The first-order valence-corrected chi connectivity index (χ1v) is 11.4. The van der Waals surface area contributed by atoms with Crippen LogP contribution in [0.5, 0.6) is 0 Å². The van der Waals surface area contributed by atoms with E-state index in [0.29, 0.717) is 18.1 Å². The smallest absolute Gasteiger partial charge is 0.227 e. The van der Waals surface area contributed by atoms with Gasteiger partial charge < -0.3 is 10.2 Å². The number of nitrogens with one attached hydrogen (secondary N) is 1. The molecule has 3 heterocycles. The van der Waals surface area contributed by atoms with E-state index in [4.69, 9.17) is 0 Å². The van der Waals surface area contributed by atoms with Crippen molar-refractivity contribution in [2.75, 3.05) is 18.4 Å². The van der Waals surface area contributed by atoms with E-state index in [2.05, 4.69) is 15.3 Å². The van der Waals surface area contributed by atoms with Crippen LogP contribution in [-0.4, -0.2) is 47.5 Å². The Labute approximate surface area is 164 Å². The number of carbonyl (C=O) groups excluding carboxylic acids is 1. The molecule has 1 aromatic heterocycles. The molecule has 1 N–H and O–H groups in total. The zero-order valence-corrected chi connectivity index (χ0v) is 16.2. The van der Waals surface area contributed by atoms with Gasteiger partial charge in [0.05, 0.1) is 16.7 Å². The monoisotopic (exact) mass is 398 g/mol. The van der Waals surface area contributed by atoms with Crippen molar-refractivity contribution in [3.63, 3.8) is 0 Å². The fourth-order valence-electron chi connectivity index (χ4n) is 4.38. The van der Waals surface area contributed by atoms with Crippen LogP contribution in [0.15, 0.2) is 36.5 Å². The highest BCUT2D eigenvalue weighted by atomic mass is 32.2. The van der Waals surface area contributed by atoms with Gasteiger partial charge in [0.15, 0.2) is 9.84 Å². The molecular weight excluding hydrogens is 376 g/mol. The van der Waals surface area contributed by atoms with Gasteiger partial charge in [-0.15, -0.1) is 0 Å². The van der Waals surface area contributed by atoms with Crippen LogP contribution in [0.25, 0.3) is 0 Å². The van der Waals surface area contributed by atoms with E-state index in [1.54, 1.807) is 11.1 Å². The van der Waals surface area contributed by atoms with Gasteiger partial charge in [-0.2, -0.15) is 0 Å². The summed E-state index contributed by atoms with van der Waals surface area (Å²) in [5.74, 6) is 0.293. The van der Waals surface area contributed by atoms with E-state index in [1.807, 2.05) is 30.3 Å². The Morgan fingerprint density at radius 3 is 2.64 bits per heavy atom. The number of anilines is 2. The fourth-order valence-corrected chi connectivity index (χ4v) is 6.37. The fraction of sp³-hybridized carbons (Fsp3) is 0.450. The topological polar surface area (TPSA) is 92.3 Å². The van der Waals surface area contributed by atoms with Crippen LogP contribution in [0.2, 0.25) is 0 Å². The van der Waals surface area contributed by atoms with E-state index < -0.39 is 15.1 Å². The molecule has 2 aliphatic heterocycles. The maximum Gasteiger partial charge on any atom is 0.227 e. The Bertz CT molecular complexity index is 1020. The number of likely N-dealkylation sites (tertiary alicyclic amines) is 1. The third kappa shape index (κ3) is 2.96. The number of para-hydroxylation sites is 1. The third-order valence-corrected chi connectivity index (χ3v) is 8.24. The average Bonchev–Trinajstić information content (AvgIpc) is 3.09. The van der Waals surface area contributed by atoms with Crippen molar-refractivity contribution in [1.29, 1.82) is 0 Å². The Kier molecular flexibility index (Phi) is 4.12. The van der Waals surface area contributed by atoms with Crippen LogP contribution in [0.1, 0.15) is 36.4 Å². The molecule has 5 rings (SSSR count). The van der Waals surface area contributed by atoms with Gasteiger partial charge in [0.1, 0.15) is 0 Å². The van der Waals surface area contributed by atoms with Gasteiger partial charge in [-0.3, -0.25) is 4.79 Å². The number of carbonyl (C=O) groups is 1. The summed E-state index contributed by atoms with van der Waals surface area (Å²) in [6, 6.07) is 9.62. The predicted octanol–water partition coefficient (Wildman–Crippen LogP) is 2.24. The molecule has 2 atom stereocenters. The molecule has 7 nitrogen and oxygen atoms in total. The highest BCUT2D eigenvalue weighted by Gasteiger charge is 2.49. The highest BCUT2D eigenvalue weighted by molar-refractivity contribution is 7.91. The first-order valence-electron chi connectivity index (χ1n) is 9.69. The zero-order valence-electron chi connectivity index (χ0n) is 15.4. The van der Waals surface area contributed by atoms with Crippen LogP contribution >= 0.6 is 0 Å². The number of hydrogen-bond acceptors (Lipinski definition) is 6. The lowest BCUT2D eigenvalue weighted by Crippen LogP contribution is -2.39. The summed E-state index contributed by atoms with van der Waals surface area (Å²) < 4.78 is 25.6. The molecule has 2 aromatic rings. The van der Waals surface area contributed by atoms with E-state index in [-0.39, 0.29) is 30.0 Å². The number of sulfone groups is 1. The van der Waals surface area contributed by atoms with E-state index in [0.717, 1.165) is 30.6 Å². The van der Waals surface area contributed by atoms with Crippen molar-refractivity contribution in [2.24, 2.45) is 5.92 Å². The van der Waals surface area contributed by atoms with Crippen molar-refractivity contribution in [3.05, 3.63) is 47.8 Å². The largest absolute Gasteiger partial charge is 0.340 e. The Hall–Kier alpha value is -2.48. The second-order valence-electron chi connectivity index (χ2n) is 7.92. The highest BCUT2D eigenvalue weighted by Crippen LogP contribution is 2.41. The molecule has 1 saturated heterocycles. The second kappa shape index (κ2) is 6.55. The quantitative estimate of drug-likeness (QED) is 0.853. The van der Waals surface area contributed by atoms with Crippen LogP contribution in [0.3, 0.4) is 0 Å². The third-order valence-electron chi connectivity index (χ3n) is 6.13. The molecule has 0 bridgehead atoms. The van der Waals surface area contributed by atoms with E-state index in [9.17, 15) is 13.2 Å². The molecule has 28 heavy (non-hydrogen) atoms. The molecule has 0 unspecified atom stereocenters. The lowest BCUT2D eigenvalue weighted by atomic mass is 9.84. The molecule has 2 fully saturated rings. The minimum Gasteiger partial charge on any atom is -0.340 e. The van der Waals surface area contributed by atoms with Gasteiger partial charge in [-0.05, 0) is 25.0 Å². The van der Waals surface area contributed by atoms with Crippen molar-refractivity contribution < 1.29 is 13.2 Å². The minimum absolute atomic E-state index is 0.0550. The summed E-state index contributed by atoms with van der Waals surface area (Å²) in [5.41, 5.74) is 2.28. The number of aromatic nitrogens is 2. The van der Waals surface area contributed by atoms with Crippen molar-refractivity contribution >= 4 is 27.4 Å². The number of nitrogens with zero attached hydrogens (tertiary/aromatic N) is 3. The first kappa shape index (κ1) is 17.6. The molecule has 1 amide bonds. The normalized spacial score (nSPS) is 25.5. The summed E-state index contributed by atoms with van der Waals surface area (Å²) in [5, 5.41) is 2.61. The average molecular weight is 398 g/mol. The summed E-state index contributed by atoms with van der Waals surface area (Å²) in [7, 11) is -3.32. The molecule has 1 aromatic carbocycles. The van der Waals surface area contributed by atoms with Gasteiger partial charge in [0, 0.05) is 42.4 Å². The number of fused-ring (bicyclic) bond motifs is 3. The standard InChI is InChI=1S/C20H22N4O3S/c25-19(13-5-4-6-13)24-10-16-17(11-24)28(26,27)12-14-9-21-20(23-18(14)16)22-15-7-2-1-3-8-15/h1-3,7-9,13,16-17H,4-6,10-12H2,(H,21,22,23)/t16-,17+/m0/s1. The van der Waals surface area contributed by atoms with Crippen molar-refractivity contribution in [3.8, 4) is 0 Å². The first-order chi connectivity index (χ1) is 13.5. The summed E-state index contributed by atoms with van der Waals surface area (Å²) >= 11 is 0. The predicted molar refractivity (Wildman–Crippen MR) is 105 cm³/mol. The van der Waals surface area contributed by atoms with Crippen molar-refractivity contribution in [2.45, 2.75) is 36.2 Å². The number of hydrogen-bond donors (Lipinski definition) is 1.